The van der Waals surface area contributed by atoms with Crippen molar-refractivity contribution in [1.29, 1.82) is 0 Å². The van der Waals surface area contributed by atoms with Gasteiger partial charge in [-0.2, -0.15) is 0 Å². The van der Waals surface area contributed by atoms with Crippen LogP contribution in [0.1, 0.15) is 33.6 Å². The number of carbonyl (C=O) groups excluding carboxylic acids is 2. The highest BCUT2D eigenvalue weighted by atomic mass is 79.9. The number of Topliss-reactive ketones (excluding diaryl/α,β-unsaturated/α-hetero) is 2. The Labute approximate surface area is 159 Å². The van der Waals surface area contributed by atoms with E-state index >= 15 is 0 Å². The number of hydrogen-bond acceptors (Lipinski definition) is 3. The average Bonchev–Trinajstić information content (AvgIpc) is 2.58. The quantitative estimate of drug-likeness (QED) is 0.529. The number of rotatable bonds is 8. The summed E-state index contributed by atoms with van der Waals surface area (Å²) in [7, 11) is 1.93. The lowest BCUT2D eigenvalue weighted by molar-refractivity contribution is 0.0955. The van der Waals surface area contributed by atoms with E-state index in [1.807, 2.05) is 60.5 Å². The Morgan fingerprint density at radius 2 is 1.17 bits per heavy atom. The summed E-state index contributed by atoms with van der Waals surface area (Å²) in [6.07, 6.45) is 0.866. The molecule has 0 amide bonds. The van der Waals surface area contributed by atoms with Gasteiger partial charge in [0.1, 0.15) is 0 Å². The maximum Gasteiger partial charge on any atom is 0.165 e. The Morgan fingerprint density at radius 3 is 1.54 bits per heavy atom. The fourth-order valence-corrected chi connectivity index (χ4v) is 3.35. The van der Waals surface area contributed by atoms with Gasteiger partial charge in [-0.3, -0.25) is 9.59 Å². The van der Waals surface area contributed by atoms with Crippen LogP contribution in [0.5, 0.6) is 0 Å². The monoisotopic (exact) mass is 451 g/mol. The van der Waals surface area contributed by atoms with E-state index in [-0.39, 0.29) is 11.6 Å². The first kappa shape index (κ1) is 19.0. The molecule has 2 aromatic rings. The van der Waals surface area contributed by atoms with Crippen molar-refractivity contribution in [3.05, 3.63) is 68.6 Å². The third-order valence-electron chi connectivity index (χ3n) is 3.79. The Balaban J connectivity index is 1.80. The Kier molecular flexibility index (Phi) is 7.34. The summed E-state index contributed by atoms with van der Waals surface area (Å²) in [4.78, 5) is 26.5. The molecule has 2 aromatic carbocycles. The number of carbonyl (C=O) groups is 2. The van der Waals surface area contributed by atoms with Gasteiger partial charge in [-0.15, -0.1) is 0 Å². The molecule has 24 heavy (non-hydrogen) atoms. The minimum absolute atomic E-state index is 0.103. The van der Waals surface area contributed by atoms with Crippen molar-refractivity contribution in [2.45, 2.75) is 12.8 Å². The van der Waals surface area contributed by atoms with E-state index in [1.54, 1.807) is 0 Å². The van der Waals surface area contributed by atoms with Crippen LogP contribution in [0, 0.1) is 0 Å². The molecule has 0 aliphatic heterocycles. The lowest BCUT2D eigenvalue weighted by atomic mass is 10.1. The summed E-state index contributed by atoms with van der Waals surface area (Å²) in [6.45, 7) is 1.26. The standard InChI is InChI=1S/C19H19Br2NO2/c1-22(12-10-18(23)14-6-2-4-8-16(14)20)13-11-19(24)15-7-3-5-9-17(15)21/h2-9H,10-13H2,1H3. The van der Waals surface area contributed by atoms with Gasteiger partial charge in [-0.25, -0.2) is 0 Å². The second-order valence-electron chi connectivity index (χ2n) is 5.61. The largest absolute Gasteiger partial charge is 0.305 e. The maximum absolute atomic E-state index is 12.2. The van der Waals surface area contributed by atoms with Crippen LogP contribution in [0.15, 0.2) is 57.5 Å². The van der Waals surface area contributed by atoms with Crippen LogP contribution in [0.2, 0.25) is 0 Å². The molecule has 2 rings (SSSR count). The number of ketones is 2. The van der Waals surface area contributed by atoms with Crippen LogP contribution in [0.3, 0.4) is 0 Å². The number of nitrogens with zero attached hydrogens (tertiary/aromatic N) is 1. The molecule has 0 atom stereocenters. The van der Waals surface area contributed by atoms with Crippen molar-refractivity contribution in [3.63, 3.8) is 0 Å². The normalized spacial score (nSPS) is 10.8. The molecule has 0 aliphatic rings. The molecular weight excluding hydrogens is 434 g/mol. The van der Waals surface area contributed by atoms with Gasteiger partial charge in [0.2, 0.25) is 0 Å². The molecule has 3 nitrogen and oxygen atoms in total. The molecule has 0 bridgehead atoms. The van der Waals surface area contributed by atoms with Crippen molar-refractivity contribution in [2.75, 3.05) is 20.1 Å². The lowest BCUT2D eigenvalue weighted by Gasteiger charge is -2.16. The van der Waals surface area contributed by atoms with E-state index in [1.165, 1.54) is 0 Å². The van der Waals surface area contributed by atoms with Crippen LogP contribution in [-0.4, -0.2) is 36.6 Å². The first-order valence-corrected chi connectivity index (χ1v) is 9.31. The number of benzene rings is 2. The highest BCUT2D eigenvalue weighted by Gasteiger charge is 2.13. The first-order chi connectivity index (χ1) is 11.5. The molecular formula is C19H19Br2NO2. The zero-order valence-corrected chi connectivity index (χ0v) is 16.6. The minimum atomic E-state index is 0.103. The molecule has 0 unspecified atom stereocenters. The first-order valence-electron chi connectivity index (χ1n) is 7.73. The SMILES string of the molecule is CN(CCC(=O)c1ccccc1Br)CCC(=O)c1ccccc1Br. The van der Waals surface area contributed by atoms with E-state index in [0.29, 0.717) is 37.1 Å². The van der Waals surface area contributed by atoms with Crippen LogP contribution >= 0.6 is 31.9 Å². The van der Waals surface area contributed by atoms with Gasteiger partial charge >= 0.3 is 0 Å². The summed E-state index contributed by atoms with van der Waals surface area (Å²) >= 11 is 6.81. The van der Waals surface area contributed by atoms with Crippen molar-refractivity contribution < 1.29 is 9.59 Å². The highest BCUT2D eigenvalue weighted by molar-refractivity contribution is 9.10. The van der Waals surface area contributed by atoms with E-state index < -0.39 is 0 Å². The summed E-state index contributed by atoms with van der Waals surface area (Å²) in [5.41, 5.74) is 1.41. The van der Waals surface area contributed by atoms with Gasteiger partial charge in [0.25, 0.3) is 0 Å². The Bertz CT molecular complexity index is 669. The predicted octanol–water partition coefficient (Wildman–Crippen LogP) is 4.99. The minimum Gasteiger partial charge on any atom is -0.305 e. The third-order valence-corrected chi connectivity index (χ3v) is 5.17. The molecule has 5 heteroatoms. The van der Waals surface area contributed by atoms with E-state index in [9.17, 15) is 9.59 Å². The molecule has 0 fully saturated rings. The van der Waals surface area contributed by atoms with E-state index in [2.05, 4.69) is 31.9 Å². The predicted molar refractivity (Wildman–Crippen MR) is 104 cm³/mol. The average molecular weight is 453 g/mol. The fourth-order valence-electron chi connectivity index (χ4n) is 2.34. The molecule has 0 spiro atoms. The van der Waals surface area contributed by atoms with Gasteiger partial charge in [0.05, 0.1) is 0 Å². The molecule has 0 aromatic heterocycles. The Morgan fingerprint density at radius 1 is 0.792 bits per heavy atom. The van der Waals surface area contributed by atoms with Crippen LogP contribution in [0.25, 0.3) is 0 Å². The summed E-state index contributed by atoms with van der Waals surface area (Å²) in [5.74, 6) is 0.206. The van der Waals surface area contributed by atoms with Gasteiger partial charge < -0.3 is 4.90 Å². The van der Waals surface area contributed by atoms with Crippen LogP contribution in [-0.2, 0) is 0 Å². The molecule has 0 N–H and O–H groups in total. The van der Waals surface area contributed by atoms with Crippen molar-refractivity contribution in [1.82, 2.24) is 4.90 Å². The van der Waals surface area contributed by atoms with E-state index in [0.717, 1.165) is 8.95 Å². The molecule has 126 valence electrons. The van der Waals surface area contributed by atoms with Crippen molar-refractivity contribution >= 4 is 43.4 Å². The smallest absolute Gasteiger partial charge is 0.165 e. The molecule has 0 saturated carbocycles. The number of halogens is 2. The van der Waals surface area contributed by atoms with E-state index in [4.69, 9.17) is 0 Å². The van der Waals surface area contributed by atoms with Gasteiger partial charge in [0.15, 0.2) is 11.6 Å². The van der Waals surface area contributed by atoms with Crippen LogP contribution < -0.4 is 0 Å². The molecule has 0 heterocycles. The zero-order valence-electron chi connectivity index (χ0n) is 13.5. The van der Waals surface area contributed by atoms with Crippen molar-refractivity contribution in [3.8, 4) is 0 Å². The summed E-state index contributed by atoms with van der Waals surface area (Å²) in [5, 5.41) is 0. The highest BCUT2D eigenvalue weighted by Crippen LogP contribution is 2.19. The molecule has 0 aliphatic carbocycles. The van der Waals surface area contributed by atoms with Gasteiger partial charge in [0, 0.05) is 46.0 Å². The van der Waals surface area contributed by atoms with Crippen molar-refractivity contribution in [2.24, 2.45) is 0 Å². The van der Waals surface area contributed by atoms with Gasteiger partial charge in [-0.1, -0.05) is 68.3 Å². The molecule has 0 radical (unpaired) electrons. The lowest BCUT2D eigenvalue weighted by Crippen LogP contribution is -2.25. The zero-order chi connectivity index (χ0) is 17.5. The van der Waals surface area contributed by atoms with Crippen LogP contribution in [0.4, 0.5) is 0 Å². The maximum atomic E-state index is 12.2. The third kappa shape index (κ3) is 5.36. The molecule has 0 saturated heterocycles. The summed E-state index contributed by atoms with van der Waals surface area (Å²) in [6, 6.07) is 14.9. The fraction of sp³-hybridized carbons (Fsp3) is 0.263. The summed E-state index contributed by atoms with van der Waals surface area (Å²) < 4.78 is 1.64. The van der Waals surface area contributed by atoms with Gasteiger partial charge in [-0.05, 0) is 19.2 Å². The second-order valence-corrected chi connectivity index (χ2v) is 7.32. The second kappa shape index (κ2) is 9.25. The number of hydrogen-bond donors (Lipinski definition) is 0. The Hall–Kier alpha value is -1.30. The topological polar surface area (TPSA) is 37.4 Å².